The van der Waals surface area contributed by atoms with Gasteiger partial charge in [-0.25, -0.2) is 4.79 Å². The van der Waals surface area contributed by atoms with E-state index in [1.54, 1.807) is 13.0 Å². The first-order chi connectivity index (χ1) is 11.8. The zero-order valence-corrected chi connectivity index (χ0v) is 15.3. The number of likely N-dealkylation sites (N-methyl/N-ethyl adjacent to an activating group) is 1. The number of aryl methyl sites for hydroxylation is 3. The highest BCUT2D eigenvalue weighted by molar-refractivity contribution is 6.14. The van der Waals surface area contributed by atoms with E-state index >= 15 is 0 Å². The van der Waals surface area contributed by atoms with Crippen molar-refractivity contribution in [1.82, 2.24) is 14.8 Å². The van der Waals surface area contributed by atoms with E-state index in [1.807, 2.05) is 19.9 Å². The normalized spacial score (nSPS) is 16.0. The first-order valence-electron chi connectivity index (χ1n) is 8.44. The van der Waals surface area contributed by atoms with Gasteiger partial charge in [-0.05, 0) is 75.6 Å². The molecule has 0 spiro atoms. The van der Waals surface area contributed by atoms with Crippen LogP contribution in [0.2, 0.25) is 0 Å². The standard InChI is InChI=1S/C20H23N3O2/c1-6-22-19(24)18(21-20(22)25)11-16-10-14(4)23(15(16)5)17-8-7-12(2)13(3)9-17/h7-11H,6H2,1-5H3,(H,21,25)/b18-11+. The van der Waals surface area contributed by atoms with Crippen molar-refractivity contribution in [3.8, 4) is 5.69 Å². The number of rotatable bonds is 3. The summed E-state index contributed by atoms with van der Waals surface area (Å²) < 4.78 is 2.16. The highest BCUT2D eigenvalue weighted by Crippen LogP contribution is 2.25. The van der Waals surface area contributed by atoms with Crippen molar-refractivity contribution in [2.75, 3.05) is 6.54 Å². The smallest absolute Gasteiger partial charge is 0.318 e. The summed E-state index contributed by atoms with van der Waals surface area (Å²) >= 11 is 0. The fraction of sp³-hybridized carbons (Fsp3) is 0.300. The number of nitrogens with one attached hydrogen (secondary N) is 1. The molecule has 3 rings (SSSR count). The molecule has 1 fully saturated rings. The summed E-state index contributed by atoms with van der Waals surface area (Å²) in [6.45, 7) is 10.4. The van der Waals surface area contributed by atoms with Gasteiger partial charge in [0.05, 0.1) is 0 Å². The van der Waals surface area contributed by atoms with E-state index < -0.39 is 0 Å². The topological polar surface area (TPSA) is 54.3 Å². The monoisotopic (exact) mass is 337 g/mol. The molecule has 0 unspecified atom stereocenters. The fourth-order valence-electron chi connectivity index (χ4n) is 3.21. The maximum Gasteiger partial charge on any atom is 0.328 e. The molecule has 2 heterocycles. The predicted molar refractivity (Wildman–Crippen MR) is 98.6 cm³/mol. The molecule has 0 bridgehead atoms. The van der Waals surface area contributed by atoms with Crippen LogP contribution in [0.4, 0.5) is 4.79 Å². The van der Waals surface area contributed by atoms with Gasteiger partial charge in [0.15, 0.2) is 0 Å². The maximum atomic E-state index is 12.3. The second-order valence-corrected chi connectivity index (χ2v) is 6.47. The third-order valence-corrected chi connectivity index (χ3v) is 4.80. The van der Waals surface area contributed by atoms with Crippen LogP contribution in [-0.2, 0) is 4.79 Å². The van der Waals surface area contributed by atoms with Gasteiger partial charge in [-0.15, -0.1) is 0 Å². The molecule has 1 saturated heterocycles. The Morgan fingerprint density at radius 2 is 1.76 bits per heavy atom. The third kappa shape index (κ3) is 2.86. The second kappa shape index (κ2) is 6.24. The molecule has 5 heteroatoms. The van der Waals surface area contributed by atoms with Crippen LogP contribution < -0.4 is 5.32 Å². The Kier molecular flexibility index (Phi) is 4.25. The van der Waals surface area contributed by atoms with Crippen LogP contribution in [0.25, 0.3) is 11.8 Å². The summed E-state index contributed by atoms with van der Waals surface area (Å²) in [7, 11) is 0. The molecule has 25 heavy (non-hydrogen) atoms. The van der Waals surface area contributed by atoms with Crippen LogP contribution in [0.3, 0.4) is 0 Å². The van der Waals surface area contributed by atoms with Gasteiger partial charge in [0.1, 0.15) is 5.70 Å². The van der Waals surface area contributed by atoms with Crippen LogP contribution in [0, 0.1) is 27.7 Å². The number of carbonyl (C=O) groups is 2. The molecule has 3 amide bonds. The lowest BCUT2D eigenvalue weighted by Gasteiger charge is -2.12. The lowest BCUT2D eigenvalue weighted by molar-refractivity contribution is -0.122. The molecular formula is C20H23N3O2. The van der Waals surface area contributed by atoms with E-state index in [2.05, 4.69) is 41.9 Å². The molecule has 5 nitrogen and oxygen atoms in total. The van der Waals surface area contributed by atoms with Crippen LogP contribution in [0.5, 0.6) is 0 Å². The Labute approximate surface area is 147 Å². The summed E-state index contributed by atoms with van der Waals surface area (Å²) in [5, 5.41) is 2.65. The number of urea groups is 1. The molecule has 0 radical (unpaired) electrons. The van der Waals surface area contributed by atoms with E-state index in [-0.39, 0.29) is 11.9 Å². The first kappa shape index (κ1) is 17.0. The van der Waals surface area contributed by atoms with Crippen molar-refractivity contribution in [2.45, 2.75) is 34.6 Å². The van der Waals surface area contributed by atoms with Gasteiger partial charge in [0, 0.05) is 23.6 Å². The lowest BCUT2D eigenvalue weighted by Crippen LogP contribution is -2.30. The van der Waals surface area contributed by atoms with Gasteiger partial charge < -0.3 is 9.88 Å². The van der Waals surface area contributed by atoms with Crippen LogP contribution in [0.15, 0.2) is 30.0 Å². The predicted octanol–water partition coefficient (Wildman–Crippen LogP) is 3.62. The summed E-state index contributed by atoms with van der Waals surface area (Å²) in [5.41, 5.74) is 6.96. The summed E-state index contributed by atoms with van der Waals surface area (Å²) in [4.78, 5) is 25.3. The Bertz CT molecular complexity index is 906. The second-order valence-electron chi connectivity index (χ2n) is 6.47. The van der Waals surface area contributed by atoms with Crippen LogP contribution in [-0.4, -0.2) is 28.0 Å². The summed E-state index contributed by atoms with van der Waals surface area (Å²) in [6.07, 6.45) is 1.76. The van der Waals surface area contributed by atoms with Gasteiger partial charge in [0.2, 0.25) is 0 Å². The highest BCUT2D eigenvalue weighted by Gasteiger charge is 2.32. The van der Waals surface area contributed by atoms with E-state index in [1.165, 1.54) is 16.0 Å². The summed E-state index contributed by atoms with van der Waals surface area (Å²) in [5.74, 6) is -0.275. The highest BCUT2D eigenvalue weighted by atomic mass is 16.2. The van der Waals surface area contributed by atoms with Crippen molar-refractivity contribution in [2.24, 2.45) is 0 Å². The molecule has 1 aromatic heterocycles. The molecule has 1 aromatic carbocycles. The molecule has 1 aliphatic rings. The van der Waals surface area contributed by atoms with E-state index in [0.29, 0.717) is 12.2 Å². The van der Waals surface area contributed by atoms with Gasteiger partial charge >= 0.3 is 6.03 Å². The number of nitrogens with zero attached hydrogens (tertiary/aromatic N) is 2. The molecule has 1 N–H and O–H groups in total. The third-order valence-electron chi connectivity index (χ3n) is 4.80. The Balaban J connectivity index is 2.03. The Morgan fingerprint density at radius 3 is 2.36 bits per heavy atom. The first-order valence-corrected chi connectivity index (χ1v) is 8.44. The minimum atomic E-state index is -0.360. The lowest BCUT2D eigenvalue weighted by atomic mass is 10.1. The molecular weight excluding hydrogens is 314 g/mol. The number of aromatic nitrogens is 1. The summed E-state index contributed by atoms with van der Waals surface area (Å²) in [6, 6.07) is 8.04. The number of hydrogen-bond acceptors (Lipinski definition) is 2. The van der Waals surface area contributed by atoms with Crippen molar-refractivity contribution in [1.29, 1.82) is 0 Å². The average Bonchev–Trinajstić information content (AvgIpc) is 2.99. The van der Waals surface area contributed by atoms with Crippen LogP contribution >= 0.6 is 0 Å². The van der Waals surface area contributed by atoms with Crippen molar-refractivity contribution in [3.63, 3.8) is 0 Å². The van der Waals surface area contributed by atoms with Crippen LogP contribution in [0.1, 0.15) is 35.0 Å². The van der Waals surface area contributed by atoms with Gasteiger partial charge in [-0.1, -0.05) is 6.07 Å². The van der Waals surface area contributed by atoms with E-state index in [9.17, 15) is 9.59 Å². The molecule has 0 saturated carbocycles. The molecule has 0 aliphatic carbocycles. The zero-order valence-electron chi connectivity index (χ0n) is 15.3. The zero-order chi connectivity index (χ0) is 18.3. The Morgan fingerprint density at radius 1 is 1.04 bits per heavy atom. The van der Waals surface area contributed by atoms with Crippen molar-refractivity contribution < 1.29 is 9.59 Å². The molecule has 0 atom stereocenters. The minimum Gasteiger partial charge on any atom is -0.318 e. The SMILES string of the molecule is CCN1C(=O)N/C(=C/c2cc(C)n(-c3ccc(C)c(C)c3)c2C)C1=O. The van der Waals surface area contributed by atoms with Crippen molar-refractivity contribution in [3.05, 3.63) is 58.0 Å². The quantitative estimate of drug-likeness (QED) is 0.687. The van der Waals surface area contributed by atoms with Gasteiger partial charge in [0.25, 0.3) is 5.91 Å². The molecule has 130 valence electrons. The average molecular weight is 337 g/mol. The number of carbonyl (C=O) groups excluding carboxylic acids is 2. The van der Waals surface area contributed by atoms with Gasteiger partial charge in [-0.3, -0.25) is 9.69 Å². The van der Waals surface area contributed by atoms with E-state index in [4.69, 9.17) is 0 Å². The fourth-order valence-corrected chi connectivity index (χ4v) is 3.21. The molecule has 1 aliphatic heterocycles. The number of benzene rings is 1. The maximum absolute atomic E-state index is 12.3. The Hall–Kier alpha value is -2.82. The van der Waals surface area contributed by atoms with Gasteiger partial charge in [-0.2, -0.15) is 0 Å². The largest absolute Gasteiger partial charge is 0.328 e. The number of imide groups is 1. The van der Waals surface area contributed by atoms with Crippen molar-refractivity contribution >= 4 is 18.0 Å². The molecule has 2 aromatic rings. The number of amides is 3. The van der Waals surface area contributed by atoms with E-state index in [0.717, 1.165) is 22.6 Å². The number of hydrogen-bond donors (Lipinski definition) is 1. The minimum absolute atomic E-state index is 0.275.